The molecule has 5 nitrogen and oxygen atoms in total. The Labute approximate surface area is 104 Å². The molecule has 17 heavy (non-hydrogen) atoms. The van der Waals surface area contributed by atoms with Crippen LogP contribution in [0.1, 0.15) is 5.56 Å². The Morgan fingerprint density at radius 1 is 1.53 bits per heavy atom. The van der Waals surface area contributed by atoms with Crippen molar-refractivity contribution in [2.45, 2.75) is 17.4 Å². The molecule has 1 rings (SSSR count). The van der Waals surface area contributed by atoms with E-state index in [1.165, 1.54) is 11.8 Å². The molecule has 0 fully saturated rings. The Morgan fingerprint density at radius 3 is 2.65 bits per heavy atom. The second kappa shape index (κ2) is 6.06. The van der Waals surface area contributed by atoms with E-state index in [2.05, 4.69) is 0 Å². The number of benzene rings is 1. The fourth-order valence-electron chi connectivity index (χ4n) is 1.41. The van der Waals surface area contributed by atoms with Crippen molar-refractivity contribution in [2.75, 3.05) is 6.26 Å². The summed E-state index contributed by atoms with van der Waals surface area (Å²) in [6, 6.07) is 3.89. The maximum absolute atomic E-state index is 10.7. The van der Waals surface area contributed by atoms with E-state index in [9.17, 15) is 4.79 Å². The van der Waals surface area contributed by atoms with E-state index < -0.39 is 19.1 Å². The van der Waals surface area contributed by atoms with Crippen LogP contribution in [0.5, 0.6) is 0 Å². The minimum Gasteiger partial charge on any atom is -0.480 e. The molecule has 0 saturated heterocycles. The summed E-state index contributed by atoms with van der Waals surface area (Å²) in [5, 5.41) is 26.8. The summed E-state index contributed by atoms with van der Waals surface area (Å²) in [5.74, 6) is -1.05. The van der Waals surface area contributed by atoms with E-state index in [0.29, 0.717) is 5.46 Å². The molecule has 0 heterocycles. The molecule has 0 spiro atoms. The zero-order valence-corrected chi connectivity index (χ0v) is 10.1. The minimum atomic E-state index is -1.52. The highest BCUT2D eigenvalue weighted by Gasteiger charge is 2.17. The van der Waals surface area contributed by atoms with Gasteiger partial charge in [0.1, 0.15) is 6.04 Å². The molecule has 0 aliphatic carbocycles. The molecule has 1 atom stereocenters. The maximum Gasteiger partial charge on any atom is 0.488 e. The summed E-state index contributed by atoms with van der Waals surface area (Å²) in [6.45, 7) is 0. The Bertz CT molecular complexity index is 413. The normalized spacial score (nSPS) is 12.2. The summed E-state index contributed by atoms with van der Waals surface area (Å²) in [5.41, 5.74) is 6.63. The highest BCUT2D eigenvalue weighted by molar-refractivity contribution is 7.98. The predicted molar refractivity (Wildman–Crippen MR) is 67.4 cm³/mol. The molecule has 1 aromatic rings. The van der Waals surface area contributed by atoms with Crippen molar-refractivity contribution < 1.29 is 19.9 Å². The Morgan fingerprint density at radius 2 is 2.18 bits per heavy atom. The first-order chi connectivity index (χ1) is 7.95. The van der Waals surface area contributed by atoms with Gasteiger partial charge in [-0.05, 0) is 29.8 Å². The zero-order chi connectivity index (χ0) is 13.0. The Kier molecular flexibility index (Phi) is 5.01. The number of aliphatic carboxylic acids is 1. The molecule has 0 bridgehead atoms. The molecule has 0 saturated carbocycles. The molecule has 0 aromatic heterocycles. The van der Waals surface area contributed by atoms with Gasteiger partial charge in [0.05, 0.1) is 0 Å². The highest BCUT2D eigenvalue weighted by atomic mass is 32.2. The zero-order valence-electron chi connectivity index (χ0n) is 9.33. The average Bonchev–Trinajstić information content (AvgIpc) is 2.28. The lowest BCUT2D eigenvalue weighted by atomic mass is 9.80. The van der Waals surface area contributed by atoms with Gasteiger partial charge in [0.25, 0.3) is 0 Å². The van der Waals surface area contributed by atoms with Crippen molar-refractivity contribution in [3.8, 4) is 0 Å². The third kappa shape index (κ3) is 3.74. The number of carbonyl (C=O) groups is 1. The van der Waals surface area contributed by atoms with Gasteiger partial charge in [-0.3, -0.25) is 4.79 Å². The molecule has 0 unspecified atom stereocenters. The third-order valence-electron chi connectivity index (χ3n) is 2.37. The van der Waals surface area contributed by atoms with Crippen molar-refractivity contribution in [3.05, 3.63) is 23.8 Å². The van der Waals surface area contributed by atoms with Crippen LogP contribution in [0.3, 0.4) is 0 Å². The van der Waals surface area contributed by atoms with Crippen molar-refractivity contribution in [1.29, 1.82) is 0 Å². The predicted octanol–water partition coefficient (Wildman–Crippen LogP) is -0.957. The molecular weight excluding hydrogens is 241 g/mol. The SMILES string of the molecule is CSc1cc(B(O)O)ccc1C[C@H](N)C(=O)O. The molecule has 0 aliphatic rings. The Balaban J connectivity index is 2.96. The highest BCUT2D eigenvalue weighted by Crippen LogP contribution is 2.20. The number of nitrogens with two attached hydrogens (primary N) is 1. The van der Waals surface area contributed by atoms with Gasteiger partial charge in [0, 0.05) is 4.90 Å². The standard InChI is InChI=1S/C10H14BNO4S/c1-17-9-5-7(11(15)16)3-2-6(9)4-8(12)10(13)14/h2-3,5,8,15-16H,4,12H2,1H3,(H,13,14)/t8-/m0/s1. The third-order valence-corrected chi connectivity index (χ3v) is 3.19. The van der Waals surface area contributed by atoms with Gasteiger partial charge in [-0.15, -0.1) is 11.8 Å². The minimum absolute atomic E-state index is 0.216. The van der Waals surface area contributed by atoms with Crippen LogP contribution < -0.4 is 11.2 Å². The summed E-state index contributed by atoms with van der Waals surface area (Å²) >= 11 is 1.41. The summed E-state index contributed by atoms with van der Waals surface area (Å²) in [6.07, 6.45) is 2.05. The number of hydrogen-bond donors (Lipinski definition) is 4. The largest absolute Gasteiger partial charge is 0.488 e. The molecule has 5 N–H and O–H groups in total. The first kappa shape index (κ1) is 14.0. The molecular formula is C10H14BNO4S. The van der Waals surface area contributed by atoms with Crippen LogP contribution in [-0.2, 0) is 11.2 Å². The summed E-state index contributed by atoms with van der Waals surface area (Å²) in [4.78, 5) is 11.5. The fourth-order valence-corrected chi connectivity index (χ4v) is 2.08. The van der Waals surface area contributed by atoms with Crippen LogP contribution in [0.4, 0.5) is 0 Å². The molecule has 0 aliphatic heterocycles. The summed E-state index contributed by atoms with van der Waals surface area (Å²) < 4.78 is 0. The van der Waals surface area contributed by atoms with E-state index >= 15 is 0 Å². The van der Waals surface area contributed by atoms with Crippen molar-refractivity contribution >= 4 is 30.3 Å². The van der Waals surface area contributed by atoms with Gasteiger partial charge in [-0.2, -0.15) is 0 Å². The lowest BCUT2D eigenvalue weighted by Crippen LogP contribution is -2.33. The second-order valence-corrected chi connectivity index (χ2v) is 4.44. The molecule has 1 aromatic carbocycles. The average molecular weight is 255 g/mol. The fraction of sp³-hybridized carbons (Fsp3) is 0.300. The van der Waals surface area contributed by atoms with E-state index in [4.69, 9.17) is 20.9 Å². The van der Waals surface area contributed by atoms with Crippen molar-refractivity contribution in [2.24, 2.45) is 5.73 Å². The Hall–Kier alpha value is -1.02. The van der Waals surface area contributed by atoms with E-state index in [0.717, 1.165) is 10.5 Å². The second-order valence-electron chi connectivity index (χ2n) is 3.59. The van der Waals surface area contributed by atoms with Crippen LogP contribution in [0, 0.1) is 0 Å². The van der Waals surface area contributed by atoms with Gasteiger partial charge in [0.2, 0.25) is 0 Å². The molecule has 92 valence electrons. The molecule has 0 amide bonds. The van der Waals surface area contributed by atoms with Gasteiger partial charge >= 0.3 is 13.1 Å². The van der Waals surface area contributed by atoms with Gasteiger partial charge in [-0.25, -0.2) is 0 Å². The van der Waals surface area contributed by atoms with Gasteiger partial charge in [0.15, 0.2) is 0 Å². The quantitative estimate of drug-likeness (QED) is 0.399. The van der Waals surface area contributed by atoms with E-state index in [1.54, 1.807) is 18.2 Å². The first-order valence-corrected chi connectivity index (χ1v) is 6.19. The number of carboxylic acid groups (broad SMARTS) is 1. The van der Waals surface area contributed by atoms with Crippen LogP contribution in [0.25, 0.3) is 0 Å². The smallest absolute Gasteiger partial charge is 0.480 e. The molecule has 7 heteroatoms. The lowest BCUT2D eigenvalue weighted by Gasteiger charge is -2.12. The van der Waals surface area contributed by atoms with Crippen LogP contribution in [-0.4, -0.2) is 40.5 Å². The summed E-state index contributed by atoms with van der Waals surface area (Å²) in [7, 11) is -1.52. The van der Waals surface area contributed by atoms with Gasteiger partial charge < -0.3 is 20.9 Å². The lowest BCUT2D eigenvalue weighted by molar-refractivity contribution is -0.138. The van der Waals surface area contributed by atoms with Crippen molar-refractivity contribution in [1.82, 2.24) is 0 Å². The maximum atomic E-state index is 10.7. The number of rotatable bonds is 5. The first-order valence-electron chi connectivity index (χ1n) is 4.97. The molecule has 0 radical (unpaired) electrons. The number of thioether (sulfide) groups is 1. The van der Waals surface area contributed by atoms with Crippen LogP contribution >= 0.6 is 11.8 Å². The van der Waals surface area contributed by atoms with E-state index in [-0.39, 0.29) is 6.42 Å². The number of hydrogen-bond acceptors (Lipinski definition) is 5. The van der Waals surface area contributed by atoms with Crippen molar-refractivity contribution in [3.63, 3.8) is 0 Å². The van der Waals surface area contributed by atoms with E-state index in [1.807, 2.05) is 6.26 Å². The number of carboxylic acids is 1. The topological polar surface area (TPSA) is 104 Å². The monoisotopic (exact) mass is 255 g/mol. The van der Waals surface area contributed by atoms with Crippen LogP contribution in [0.2, 0.25) is 0 Å². The van der Waals surface area contributed by atoms with Crippen LogP contribution in [0.15, 0.2) is 23.1 Å². The van der Waals surface area contributed by atoms with Gasteiger partial charge in [-0.1, -0.05) is 12.1 Å².